The van der Waals surface area contributed by atoms with E-state index in [1.807, 2.05) is 6.92 Å². The maximum absolute atomic E-state index is 13.1. The van der Waals surface area contributed by atoms with Gasteiger partial charge in [-0.1, -0.05) is 47.5 Å². The molecule has 0 aliphatic carbocycles. The molecule has 1 heterocycles. The molecule has 0 saturated carbocycles. The molecule has 3 aromatic rings. The molecule has 6 nitrogen and oxygen atoms in total. The summed E-state index contributed by atoms with van der Waals surface area (Å²) >= 11 is 13.1. The predicted octanol–water partition coefficient (Wildman–Crippen LogP) is 7.22. The lowest BCUT2D eigenvalue weighted by molar-refractivity contribution is -0.113. The predicted molar refractivity (Wildman–Crippen MR) is 140 cm³/mol. The maximum atomic E-state index is 13.1. The smallest absolute Gasteiger partial charge is 0.298 e. The highest BCUT2D eigenvalue weighted by molar-refractivity contribution is 8.19. The van der Waals surface area contributed by atoms with Crippen molar-refractivity contribution in [3.63, 3.8) is 0 Å². The summed E-state index contributed by atoms with van der Waals surface area (Å²) in [6.07, 6.45) is 1.66. The van der Waals surface area contributed by atoms with Crippen molar-refractivity contribution in [3.05, 3.63) is 86.7 Å². The minimum Gasteiger partial charge on any atom is -0.495 e. The van der Waals surface area contributed by atoms with E-state index in [1.165, 1.54) is 7.11 Å². The van der Waals surface area contributed by atoms with Gasteiger partial charge in [-0.15, -0.1) is 0 Å². The number of halogens is 2. The number of carbonyl (C=O) groups excluding carboxylic acids is 2. The maximum Gasteiger partial charge on any atom is 0.298 e. The molecule has 0 N–H and O–H groups in total. The first-order chi connectivity index (χ1) is 16.9. The fourth-order valence-corrected chi connectivity index (χ4v) is 4.73. The lowest BCUT2D eigenvalue weighted by Gasteiger charge is -2.15. The van der Waals surface area contributed by atoms with Gasteiger partial charge in [-0.3, -0.25) is 9.59 Å². The van der Waals surface area contributed by atoms with Gasteiger partial charge < -0.3 is 14.2 Å². The Morgan fingerprint density at radius 3 is 2.49 bits per heavy atom. The monoisotopic (exact) mass is 529 g/mol. The largest absolute Gasteiger partial charge is 0.495 e. The fourth-order valence-electron chi connectivity index (χ4n) is 3.44. The Hall–Kier alpha value is -3.13. The third-order valence-electron chi connectivity index (χ3n) is 5.08. The Labute approximate surface area is 217 Å². The molecule has 0 bridgehead atoms. The number of thioether (sulfide) groups is 1. The van der Waals surface area contributed by atoms with Gasteiger partial charge in [0, 0.05) is 15.6 Å². The molecule has 0 radical (unpaired) electrons. The quantitative estimate of drug-likeness (QED) is 0.287. The van der Waals surface area contributed by atoms with E-state index in [1.54, 1.807) is 66.7 Å². The van der Waals surface area contributed by atoms with Crippen molar-refractivity contribution in [2.24, 2.45) is 0 Å². The molecular weight excluding hydrogens is 509 g/mol. The van der Waals surface area contributed by atoms with Crippen molar-refractivity contribution in [3.8, 4) is 17.2 Å². The van der Waals surface area contributed by atoms with Crippen LogP contribution in [0.4, 0.5) is 10.5 Å². The Bertz CT molecular complexity index is 1310. The number of methoxy groups -OCH3 is 1. The third kappa shape index (κ3) is 5.59. The topological polar surface area (TPSA) is 65.1 Å². The molecule has 1 aliphatic heterocycles. The molecule has 9 heteroatoms. The number of nitrogens with zero attached hydrogens (tertiary/aromatic N) is 1. The van der Waals surface area contributed by atoms with Crippen molar-refractivity contribution in [1.29, 1.82) is 0 Å². The van der Waals surface area contributed by atoms with Crippen molar-refractivity contribution < 1.29 is 23.8 Å². The molecule has 0 spiro atoms. The Balaban J connectivity index is 1.57. The van der Waals surface area contributed by atoms with E-state index in [4.69, 9.17) is 37.4 Å². The molecule has 4 rings (SSSR count). The van der Waals surface area contributed by atoms with E-state index in [9.17, 15) is 9.59 Å². The van der Waals surface area contributed by atoms with Crippen LogP contribution in [0.3, 0.4) is 0 Å². The van der Waals surface area contributed by atoms with Gasteiger partial charge in [-0.05, 0) is 66.7 Å². The fraction of sp³-hybridized carbons (Fsp3) is 0.154. The second-order valence-corrected chi connectivity index (χ2v) is 9.19. The average molecular weight is 530 g/mol. The molecule has 0 unspecified atom stereocenters. The van der Waals surface area contributed by atoms with Crippen LogP contribution in [0, 0.1) is 0 Å². The van der Waals surface area contributed by atoms with E-state index in [-0.39, 0.29) is 6.61 Å². The zero-order chi connectivity index (χ0) is 24.9. The molecule has 1 fully saturated rings. The first-order valence-electron chi connectivity index (χ1n) is 10.7. The number of para-hydroxylation sites is 2. The summed E-state index contributed by atoms with van der Waals surface area (Å²) in [4.78, 5) is 27.1. The summed E-state index contributed by atoms with van der Waals surface area (Å²) in [5.41, 5.74) is 1.88. The van der Waals surface area contributed by atoms with E-state index < -0.39 is 11.1 Å². The zero-order valence-electron chi connectivity index (χ0n) is 18.9. The van der Waals surface area contributed by atoms with Gasteiger partial charge in [-0.25, -0.2) is 4.90 Å². The van der Waals surface area contributed by atoms with Crippen molar-refractivity contribution in [2.75, 3.05) is 18.6 Å². The van der Waals surface area contributed by atoms with Crippen LogP contribution >= 0.6 is 35.0 Å². The summed E-state index contributed by atoms with van der Waals surface area (Å²) in [6.45, 7) is 2.52. The van der Waals surface area contributed by atoms with E-state index in [2.05, 4.69) is 0 Å². The van der Waals surface area contributed by atoms with E-state index in [0.29, 0.717) is 50.1 Å². The Morgan fingerprint density at radius 1 is 0.943 bits per heavy atom. The van der Waals surface area contributed by atoms with Crippen LogP contribution in [-0.4, -0.2) is 24.9 Å². The first kappa shape index (κ1) is 25.0. The number of hydrogen-bond acceptors (Lipinski definition) is 6. The molecule has 2 amide bonds. The number of anilines is 1. The van der Waals surface area contributed by atoms with Crippen LogP contribution in [0.5, 0.6) is 17.2 Å². The zero-order valence-corrected chi connectivity index (χ0v) is 21.2. The molecule has 1 saturated heterocycles. The molecule has 1 aliphatic rings. The van der Waals surface area contributed by atoms with Crippen molar-refractivity contribution in [1.82, 2.24) is 0 Å². The molecule has 180 valence electrons. The van der Waals surface area contributed by atoms with Crippen LogP contribution in [0.15, 0.2) is 65.6 Å². The second kappa shape index (κ2) is 11.1. The SMILES string of the molecule is CCOc1cc(/C=C2\SC(=O)N(c3ccccc3OC)C2=O)ccc1OCc1ccc(Cl)cc1Cl. The minimum atomic E-state index is -0.417. The van der Waals surface area contributed by atoms with Gasteiger partial charge in [0.25, 0.3) is 11.1 Å². The molecule has 0 aromatic heterocycles. The summed E-state index contributed by atoms with van der Waals surface area (Å²) in [6, 6.07) is 17.4. The van der Waals surface area contributed by atoms with Crippen LogP contribution in [0.2, 0.25) is 10.0 Å². The lowest BCUT2D eigenvalue weighted by Crippen LogP contribution is -2.28. The van der Waals surface area contributed by atoms with Gasteiger partial charge in [-0.2, -0.15) is 0 Å². The number of amides is 2. The standard InChI is InChI=1S/C26H21Cl2NO5S/c1-3-33-23-12-16(8-11-22(23)34-15-17-9-10-18(27)14-19(17)28)13-24-25(30)29(26(31)35-24)20-6-4-5-7-21(20)32-2/h4-14H,3,15H2,1-2H3/b24-13-. The van der Waals surface area contributed by atoms with E-state index in [0.717, 1.165) is 22.2 Å². The normalized spacial score (nSPS) is 14.5. The van der Waals surface area contributed by atoms with Crippen molar-refractivity contribution in [2.45, 2.75) is 13.5 Å². The number of ether oxygens (including phenoxy) is 3. The minimum absolute atomic E-state index is 0.229. The van der Waals surface area contributed by atoms with Crippen LogP contribution in [0.25, 0.3) is 6.08 Å². The van der Waals surface area contributed by atoms with Gasteiger partial charge in [0.15, 0.2) is 11.5 Å². The molecule has 3 aromatic carbocycles. The summed E-state index contributed by atoms with van der Waals surface area (Å²) < 4.78 is 17.0. The third-order valence-corrected chi connectivity index (χ3v) is 6.54. The number of imide groups is 1. The number of benzene rings is 3. The van der Waals surface area contributed by atoms with Gasteiger partial charge >= 0.3 is 0 Å². The lowest BCUT2D eigenvalue weighted by atomic mass is 10.1. The molecule has 35 heavy (non-hydrogen) atoms. The van der Waals surface area contributed by atoms with Crippen LogP contribution < -0.4 is 19.1 Å². The summed E-state index contributed by atoms with van der Waals surface area (Å²) in [5, 5.41) is 0.668. The van der Waals surface area contributed by atoms with Gasteiger partial charge in [0.2, 0.25) is 0 Å². The Kier molecular flexibility index (Phi) is 7.90. The summed E-state index contributed by atoms with van der Waals surface area (Å²) in [5.74, 6) is 1.06. The highest BCUT2D eigenvalue weighted by Crippen LogP contribution is 2.40. The number of hydrogen-bond donors (Lipinski definition) is 0. The van der Waals surface area contributed by atoms with Gasteiger partial charge in [0.05, 0.1) is 24.3 Å². The number of carbonyl (C=O) groups is 2. The van der Waals surface area contributed by atoms with Crippen LogP contribution in [0.1, 0.15) is 18.1 Å². The first-order valence-corrected chi connectivity index (χ1v) is 12.2. The van der Waals surface area contributed by atoms with Crippen molar-refractivity contribution >= 4 is 57.9 Å². The highest BCUT2D eigenvalue weighted by atomic mass is 35.5. The Morgan fingerprint density at radius 2 is 1.74 bits per heavy atom. The molecular formula is C26H21Cl2NO5S. The van der Waals surface area contributed by atoms with Gasteiger partial charge in [0.1, 0.15) is 12.4 Å². The highest BCUT2D eigenvalue weighted by Gasteiger charge is 2.37. The molecule has 0 atom stereocenters. The van der Waals surface area contributed by atoms with E-state index >= 15 is 0 Å². The number of rotatable bonds is 8. The second-order valence-electron chi connectivity index (χ2n) is 7.35. The summed E-state index contributed by atoms with van der Waals surface area (Å²) in [7, 11) is 1.49. The van der Waals surface area contributed by atoms with Crippen LogP contribution in [-0.2, 0) is 11.4 Å². The average Bonchev–Trinajstić information content (AvgIpc) is 3.12.